The second-order valence-electron chi connectivity index (χ2n) is 4.52. The maximum absolute atomic E-state index is 11.2. The molecule has 5 nitrogen and oxygen atoms in total. The monoisotopic (exact) mass is 261 g/mol. The van der Waals surface area contributed by atoms with E-state index in [0.717, 1.165) is 0 Å². The molecule has 0 aromatic carbocycles. The van der Waals surface area contributed by atoms with Crippen LogP contribution in [0.2, 0.25) is 0 Å². The van der Waals surface area contributed by atoms with Crippen LogP contribution >= 0.6 is 12.6 Å². The van der Waals surface area contributed by atoms with Crippen molar-refractivity contribution in [3.05, 3.63) is 0 Å². The minimum atomic E-state index is -0.367. The Hall–Kier alpha value is -0.590. The van der Waals surface area contributed by atoms with Crippen LogP contribution in [0.4, 0.5) is 0 Å². The first-order chi connectivity index (χ1) is 7.88. The molecule has 0 radical (unpaired) electrons. The molecule has 0 aromatic rings. The highest BCUT2D eigenvalue weighted by atomic mass is 32.1. The summed E-state index contributed by atoms with van der Waals surface area (Å²) in [5, 5.41) is 5.97. The van der Waals surface area contributed by atoms with Crippen LogP contribution < -0.4 is 16.4 Å². The fraction of sp³-hybridized carbons (Fsp3) is 0.818. The van der Waals surface area contributed by atoms with Gasteiger partial charge in [0.05, 0.1) is 17.8 Å². The van der Waals surface area contributed by atoms with Crippen molar-refractivity contribution in [2.75, 3.05) is 12.4 Å². The third-order valence-corrected chi connectivity index (χ3v) is 2.76. The standard InChI is InChI=1S/C11H23N3O2S/c1-7(2)4-9(11(12)16)14-6-13-8(3)10(15)5-17/h7-9,13-14,17H,4-6H2,1-3H3,(H2,12,16)/t8-,9-/m0/s1. The molecular weight excluding hydrogens is 238 g/mol. The molecule has 0 aliphatic heterocycles. The SMILES string of the molecule is CC(C)C[C@H](NCN[C@@H](C)C(=O)CS)C(N)=O. The van der Waals surface area contributed by atoms with Crippen molar-refractivity contribution in [1.82, 2.24) is 10.6 Å². The highest BCUT2D eigenvalue weighted by molar-refractivity contribution is 7.81. The first-order valence-corrected chi connectivity index (χ1v) is 6.41. The molecule has 0 spiro atoms. The van der Waals surface area contributed by atoms with Gasteiger partial charge >= 0.3 is 0 Å². The summed E-state index contributed by atoms with van der Waals surface area (Å²) >= 11 is 3.91. The number of primary amides is 1. The lowest BCUT2D eigenvalue weighted by Crippen LogP contribution is -2.48. The summed E-state index contributed by atoms with van der Waals surface area (Å²) < 4.78 is 0. The van der Waals surface area contributed by atoms with Gasteiger partial charge in [0.2, 0.25) is 5.91 Å². The lowest BCUT2D eigenvalue weighted by atomic mass is 10.0. The predicted octanol–water partition coefficient (Wildman–Crippen LogP) is -0.0895. The van der Waals surface area contributed by atoms with Gasteiger partial charge in [0.1, 0.15) is 0 Å². The third-order valence-electron chi connectivity index (χ3n) is 2.45. The van der Waals surface area contributed by atoms with E-state index in [0.29, 0.717) is 19.0 Å². The Bertz CT molecular complexity index is 259. The lowest BCUT2D eigenvalue weighted by molar-refractivity contribution is -0.120. The first-order valence-electron chi connectivity index (χ1n) is 5.78. The number of ketones is 1. The molecule has 2 atom stereocenters. The molecule has 0 fully saturated rings. The van der Waals surface area contributed by atoms with Gasteiger partial charge in [0, 0.05) is 6.67 Å². The molecule has 0 rings (SSSR count). The Balaban J connectivity index is 3.98. The normalized spacial score (nSPS) is 14.6. The summed E-state index contributed by atoms with van der Waals surface area (Å²) in [6, 6.07) is -0.631. The van der Waals surface area contributed by atoms with Gasteiger partial charge in [0.25, 0.3) is 0 Å². The molecule has 4 N–H and O–H groups in total. The Morgan fingerprint density at radius 1 is 1.24 bits per heavy atom. The highest BCUT2D eigenvalue weighted by Crippen LogP contribution is 2.03. The zero-order chi connectivity index (χ0) is 13.4. The van der Waals surface area contributed by atoms with Crippen LogP contribution in [0.25, 0.3) is 0 Å². The first kappa shape index (κ1) is 16.4. The van der Waals surface area contributed by atoms with Crippen molar-refractivity contribution in [3.8, 4) is 0 Å². The number of nitrogens with two attached hydrogens (primary N) is 1. The largest absolute Gasteiger partial charge is 0.368 e. The summed E-state index contributed by atoms with van der Waals surface area (Å²) in [5.74, 6) is 0.249. The van der Waals surface area contributed by atoms with Gasteiger partial charge < -0.3 is 5.73 Å². The van der Waals surface area contributed by atoms with E-state index < -0.39 is 0 Å². The maximum atomic E-state index is 11.2. The quantitative estimate of drug-likeness (QED) is 0.345. The molecule has 0 heterocycles. The number of carbonyl (C=O) groups is 2. The number of Topliss-reactive ketones (excluding diaryl/α,β-unsaturated/α-hetero) is 1. The number of hydrogen-bond donors (Lipinski definition) is 4. The van der Waals surface area contributed by atoms with Crippen LogP contribution in [0.15, 0.2) is 0 Å². The molecule has 17 heavy (non-hydrogen) atoms. The number of amides is 1. The summed E-state index contributed by atoms with van der Waals surface area (Å²) in [6.07, 6.45) is 0.686. The van der Waals surface area contributed by atoms with E-state index in [-0.39, 0.29) is 29.5 Å². The second kappa shape index (κ2) is 8.49. The molecule has 0 aliphatic rings. The van der Waals surface area contributed by atoms with Crippen LogP contribution in [-0.4, -0.2) is 36.2 Å². The summed E-state index contributed by atoms with van der Waals surface area (Å²) in [6.45, 7) is 6.19. The lowest BCUT2D eigenvalue weighted by Gasteiger charge is -2.19. The van der Waals surface area contributed by atoms with Gasteiger partial charge in [-0.3, -0.25) is 20.2 Å². The topological polar surface area (TPSA) is 84.2 Å². The van der Waals surface area contributed by atoms with Gasteiger partial charge in [-0.05, 0) is 19.3 Å². The van der Waals surface area contributed by atoms with E-state index in [2.05, 4.69) is 23.3 Å². The number of nitrogens with one attached hydrogen (secondary N) is 2. The molecule has 0 saturated heterocycles. The van der Waals surface area contributed by atoms with Gasteiger partial charge in [-0.1, -0.05) is 13.8 Å². The van der Waals surface area contributed by atoms with E-state index in [4.69, 9.17) is 5.73 Å². The van der Waals surface area contributed by atoms with Crippen molar-refractivity contribution < 1.29 is 9.59 Å². The molecule has 0 unspecified atom stereocenters. The number of thiol groups is 1. The molecule has 6 heteroatoms. The molecular formula is C11H23N3O2S. The maximum Gasteiger partial charge on any atom is 0.234 e. The fourth-order valence-corrected chi connectivity index (χ4v) is 1.63. The van der Waals surface area contributed by atoms with Gasteiger partial charge in [-0.25, -0.2) is 0 Å². The Kier molecular flexibility index (Phi) is 8.20. The number of rotatable bonds is 9. The van der Waals surface area contributed by atoms with Gasteiger partial charge in [-0.2, -0.15) is 12.6 Å². The fourth-order valence-electron chi connectivity index (χ4n) is 1.36. The highest BCUT2D eigenvalue weighted by Gasteiger charge is 2.17. The minimum Gasteiger partial charge on any atom is -0.368 e. The summed E-state index contributed by atoms with van der Waals surface area (Å²) in [5.41, 5.74) is 5.28. The Labute approximate surface area is 108 Å². The van der Waals surface area contributed by atoms with Crippen molar-refractivity contribution in [2.24, 2.45) is 11.7 Å². The van der Waals surface area contributed by atoms with Crippen molar-refractivity contribution in [3.63, 3.8) is 0 Å². The molecule has 0 aliphatic carbocycles. The van der Waals surface area contributed by atoms with Crippen molar-refractivity contribution in [2.45, 2.75) is 39.3 Å². The van der Waals surface area contributed by atoms with Crippen molar-refractivity contribution >= 4 is 24.3 Å². The van der Waals surface area contributed by atoms with Crippen molar-refractivity contribution in [1.29, 1.82) is 0 Å². The number of carbonyl (C=O) groups excluding carboxylic acids is 2. The van der Waals surface area contributed by atoms with E-state index in [1.165, 1.54) is 0 Å². The van der Waals surface area contributed by atoms with E-state index >= 15 is 0 Å². The molecule has 100 valence electrons. The second-order valence-corrected chi connectivity index (χ2v) is 4.83. The van der Waals surface area contributed by atoms with E-state index in [9.17, 15) is 9.59 Å². The average molecular weight is 261 g/mol. The van der Waals surface area contributed by atoms with Crippen LogP contribution in [0.1, 0.15) is 27.2 Å². The van der Waals surface area contributed by atoms with Gasteiger partial charge in [-0.15, -0.1) is 0 Å². The van der Waals surface area contributed by atoms with E-state index in [1.807, 2.05) is 13.8 Å². The number of hydrogen-bond acceptors (Lipinski definition) is 5. The smallest absolute Gasteiger partial charge is 0.234 e. The summed E-state index contributed by atoms with van der Waals surface area (Å²) in [7, 11) is 0. The molecule has 0 bridgehead atoms. The minimum absolute atomic E-state index is 0.0228. The van der Waals surface area contributed by atoms with Crippen LogP contribution in [0.3, 0.4) is 0 Å². The summed E-state index contributed by atoms with van der Waals surface area (Å²) in [4.78, 5) is 22.4. The molecule has 0 aromatic heterocycles. The van der Waals surface area contributed by atoms with Crippen LogP contribution in [0, 0.1) is 5.92 Å². The zero-order valence-corrected chi connectivity index (χ0v) is 11.6. The van der Waals surface area contributed by atoms with E-state index in [1.54, 1.807) is 6.92 Å². The molecule has 0 saturated carbocycles. The van der Waals surface area contributed by atoms with Crippen LogP contribution in [0.5, 0.6) is 0 Å². The third kappa shape index (κ3) is 7.36. The Morgan fingerprint density at radius 2 is 1.82 bits per heavy atom. The van der Waals surface area contributed by atoms with Crippen LogP contribution in [-0.2, 0) is 9.59 Å². The molecule has 1 amide bonds. The Morgan fingerprint density at radius 3 is 2.24 bits per heavy atom. The predicted molar refractivity (Wildman–Crippen MR) is 71.9 cm³/mol. The zero-order valence-electron chi connectivity index (χ0n) is 10.7. The average Bonchev–Trinajstić information content (AvgIpc) is 2.25. The van der Waals surface area contributed by atoms with Gasteiger partial charge in [0.15, 0.2) is 5.78 Å².